The van der Waals surface area contributed by atoms with Gasteiger partial charge in [-0.05, 0) is 81.5 Å². The van der Waals surface area contributed by atoms with Crippen molar-refractivity contribution in [3.63, 3.8) is 0 Å². The molecule has 1 saturated heterocycles. The third-order valence-electron chi connectivity index (χ3n) is 6.00. The highest BCUT2D eigenvalue weighted by Crippen LogP contribution is 2.30. The average molecular weight is 473 g/mol. The first-order valence-corrected chi connectivity index (χ1v) is 11.7. The van der Waals surface area contributed by atoms with Gasteiger partial charge in [0.05, 0.1) is 18.8 Å². The maximum absolute atomic E-state index is 14.5. The Labute approximate surface area is 199 Å². The molecule has 0 radical (unpaired) electrons. The number of aryl methyl sites for hydroxylation is 2. The molecule has 0 atom stereocenters. The monoisotopic (exact) mass is 472 g/mol. The Hall–Kier alpha value is -3.13. The van der Waals surface area contributed by atoms with Gasteiger partial charge < -0.3 is 19.9 Å². The molecule has 0 bridgehead atoms. The number of carboxylic acids is 1. The van der Waals surface area contributed by atoms with E-state index in [1.54, 1.807) is 38.1 Å². The van der Waals surface area contributed by atoms with Gasteiger partial charge >= 0.3 is 5.97 Å². The quantitative estimate of drug-likeness (QED) is 0.565. The van der Waals surface area contributed by atoms with E-state index in [2.05, 4.69) is 10.2 Å². The van der Waals surface area contributed by atoms with Crippen LogP contribution in [0.4, 0.5) is 4.39 Å². The fraction of sp³-hybridized carbons (Fsp3) is 0.462. The summed E-state index contributed by atoms with van der Waals surface area (Å²) >= 11 is 0. The summed E-state index contributed by atoms with van der Waals surface area (Å²) in [5.74, 6) is -1.26. The summed E-state index contributed by atoms with van der Waals surface area (Å²) in [5, 5.41) is 12.4. The van der Waals surface area contributed by atoms with Crippen molar-refractivity contribution in [2.24, 2.45) is 0 Å². The maximum atomic E-state index is 14.5. The predicted octanol–water partition coefficient (Wildman–Crippen LogP) is 4.33. The Morgan fingerprint density at radius 2 is 1.56 bits per heavy atom. The van der Waals surface area contributed by atoms with Gasteiger partial charge in [0.15, 0.2) is 11.5 Å². The molecule has 8 heteroatoms. The molecule has 34 heavy (non-hydrogen) atoms. The van der Waals surface area contributed by atoms with Crippen molar-refractivity contribution in [2.45, 2.75) is 53.1 Å². The van der Waals surface area contributed by atoms with E-state index in [0.717, 1.165) is 31.5 Å². The molecule has 1 aliphatic rings. The Kier molecular flexibility index (Phi) is 8.50. The molecule has 2 aromatic rings. The van der Waals surface area contributed by atoms with E-state index in [-0.39, 0.29) is 29.0 Å². The lowest BCUT2D eigenvalue weighted by Gasteiger charge is -2.32. The summed E-state index contributed by atoms with van der Waals surface area (Å²) in [7, 11) is 0. The largest absolute Gasteiger partial charge is 0.491 e. The molecule has 7 nitrogen and oxygen atoms in total. The molecule has 0 aromatic heterocycles. The number of carbonyl (C=O) groups excluding carboxylic acids is 1. The summed E-state index contributed by atoms with van der Waals surface area (Å²) in [6.07, 6.45) is 1.57. The molecule has 0 saturated carbocycles. The first kappa shape index (κ1) is 25.5. The number of rotatable bonds is 9. The molecule has 0 aliphatic carbocycles. The van der Waals surface area contributed by atoms with E-state index in [1.165, 1.54) is 0 Å². The van der Waals surface area contributed by atoms with Crippen molar-refractivity contribution in [3.8, 4) is 11.5 Å². The molecule has 3 rings (SSSR count). The number of aromatic carboxylic acids is 1. The first-order chi connectivity index (χ1) is 16.2. The highest BCUT2D eigenvalue weighted by atomic mass is 19.1. The number of hydrogen-bond acceptors (Lipinski definition) is 5. The van der Waals surface area contributed by atoms with Gasteiger partial charge in [-0.15, -0.1) is 0 Å². The average Bonchev–Trinajstić information content (AvgIpc) is 2.77. The van der Waals surface area contributed by atoms with Crippen molar-refractivity contribution in [3.05, 3.63) is 57.9 Å². The number of benzene rings is 2. The second-order valence-electron chi connectivity index (χ2n) is 8.59. The molecular formula is C26H33FN2O5. The fourth-order valence-corrected chi connectivity index (χ4v) is 4.43. The zero-order chi connectivity index (χ0) is 24.8. The van der Waals surface area contributed by atoms with Crippen LogP contribution in [-0.2, 0) is 6.54 Å². The smallest absolute Gasteiger partial charge is 0.336 e. The van der Waals surface area contributed by atoms with Gasteiger partial charge in [-0.2, -0.15) is 4.39 Å². The van der Waals surface area contributed by atoms with Gasteiger partial charge in [0.1, 0.15) is 0 Å². The van der Waals surface area contributed by atoms with Crippen molar-refractivity contribution in [2.75, 3.05) is 26.3 Å². The van der Waals surface area contributed by atoms with Gasteiger partial charge in [0.2, 0.25) is 5.82 Å². The van der Waals surface area contributed by atoms with E-state index in [0.29, 0.717) is 36.4 Å². The van der Waals surface area contributed by atoms with Crippen LogP contribution < -0.4 is 14.8 Å². The van der Waals surface area contributed by atoms with Crippen LogP contribution in [0.5, 0.6) is 11.5 Å². The van der Waals surface area contributed by atoms with E-state index in [4.69, 9.17) is 9.47 Å². The number of piperidine rings is 1. The Morgan fingerprint density at radius 1 is 1.03 bits per heavy atom. The van der Waals surface area contributed by atoms with Crippen LogP contribution in [0.3, 0.4) is 0 Å². The number of ether oxygens (including phenoxy) is 2. The number of nitrogens with one attached hydrogen (secondary N) is 1. The van der Waals surface area contributed by atoms with Crippen molar-refractivity contribution >= 4 is 11.9 Å². The van der Waals surface area contributed by atoms with Gasteiger partial charge in [-0.3, -0.25) is 9.69 Å². The maximum Gasteiger partial charge on any atom is 0.336 e. The highest BCUT2D eigenvalue weighted by Gasteiger charge is 2.23. The summed E-state index contributed by atoms with van der Waals surface area (Å²) < 4.78 is 25.4. The molecule has 1 fully saturated rings. The van der Waals surface area contributed by atoms with Crippen molar-refractivity contribution < 1.29 is 28.6 Å². The van der Waals surface area contributed by atoms with Crippen LogP contribution in [0.2, 0.25) is 0 Å². The number of nitrogens with zero attached hydrogens (tertiary/aromatic N) is 1. The standard InChI is InChI=1S/C26H33FN2O5/c1-5-33-21-13-18(14-22(24(21)27)34-6-2)15-29-9-7-20(8-10-29)28-25(30)19-11-16(3)23(26(31)32)17(4)12-19/h11-14,20H,5-10,15H2,1-4H3,(H,28,30)(H,31,32). The van der Waals surface area contributed by atoms with Crippen LogP contribution in [0, 0.1) is 19.7 Å². The number of carboxylic acid groups (broad SMARTS) is 1. The van der Waals surface area contributed by atoms with Crippen LogP contribution in [-0.4, -0.2) is 54.2 Å². The third kappa shape index (κ3) is 6.05. The van der Waals surface area contributed by atoms with E-state index < -0.39 is 11.8 Å². The summed E-state index contributed by atoms with van der Waals surface area (Å²) in [4.78, 5) is 26.4. The van der Waals surface area contributed by atoms with Crippen LogP contribution in [0.1, 0.15) is 64.1 Å². The van der Waals surface area contributed by atoms with Gasteiger partial charge in [-0.25, -0.2) is 4.79 Å². The lowest BCUT2D eigenvalue weighted by atomic mass is 9.98. The number of halogens is 1. The molecule has 1 amide bonds. The van der Waals surface area contributed by atoms with E-state index >= 15 is 0 Å². The molecular weight excluding hydrogens is 439 g/mol. The second kappa shape index (κ2) is 11.3. The molecule has 0 spiro atoms. The highest BCUT2D eigenvalue weighted by molar-refractivity contribution is 5.97. The minimum absolute atomic E-state index is 0.0368. The number of carbonyl (C=O) groups is 2. The van der Waals surface area contributed by atoms with Crippen LogP contribution in [0.25, 0.3) is 0 Å². The summed E-state index contributed by atoms with van der Waals surface area (Å²) in [6.45, 7) is 9.98. The van der Waals surface area contributed by atoms with Crippen LogP contribution >= 0.6 is 0 Å². The zero-order valence-corrected chi connectivity index (χ0v) is 20.2. The fourth-order valence-electron chi connectivity index (χ4n) is 4.43. The molecule has 184 valence electrons. The zero-order valence-electron chi connectivity index (χ0n) is 20.2. The van der Waals surface area contributed by atoms with Crippen LogP contribution in [0.15, 0.2) is 24.3 Å². The Morgan fingerprint density at radius 3 is 2.03 bits per heavy atom. The first-order valence-electron chi connectivity index (χ1n) is 11.7. The van der Waals surface area contributed by atoms with Gasteiger partial charge in [-0.1, -0.05) is 0 Å². The number of likely N-dealkylation sites (tertiary alicyclic amines) is 1. The third-order valence-corrected chi connectivity index (χ3v) is 6.00. The van der Waals surface area contributed by atoms with Crippen molar-refractivity contribution in [1.29, 1.82) is 0 Å². The molecule has 2 N–H and O–H groups in total. The van der Waals surface area contributed by atoms with Crippen molar-refractivity contribution in [1.82, 2.24) is 10.2 Å². The summed E-state index contributed by atoms with van der Waals surface area (Å²) in [5.41, 5.74) is 2.78. The molecule has 2 aromatic carbocycles. The second-order valence-corrected chi connectivity index (χ2v) is 8.59. The van der Waals surface area contributed by atoms with Gasteiger partial charge in [0.25, 0.3) is 5.91 Å². The Bertz CT molecular complexity index is 997. The molecule has 1 heterocycles. The normalized spacial score (nSPS) is 14.6. The number of hydrogen-bond donors (Lipinski definition) is 2. The summed E-state index contributed by atoms with van der Waals surface area (Å²) in [6, 6.07) is 6.74. The minimum Gasteiger partial charge on any atom is -0.491 e. The minimum atomic E-state index is -0.989. The number of amides is 1. The molecule has 1 aliphatic heterocycles. The molecule has 0 unspecified atom stereocenters. The predicted molar refractivity (Wildman–Crippen MR) is 127 cm³/mol. The lowest BCUT2D eigenvalue weighted by molar-refractivity contribution is 0.0694. The SMILES string of the molecule is CCOc1cc(CN2CCC(NC(=O)c3cc(C)c(C(=O)O)c(C)c3)CC2)cc(OCC)c1F. The topological polar surface area (TPSA) is 88.1 Å². The lowest BCUT2D eigenvalue weighted by Crippen LogP contribution is -2.44. The van der Waals surface area contributed by atoms with Gasteiger partial charge in [0, 0.05) is 31.2 Å². The van der Waals surface area contributed by atoms with E-state index in [1.807, 2.05) is 13.8 Å². The van der Waals surface area contributed by atoms with E-state index in [9.17, 15) is 19.1 Å². The Balaban J connectivity index is 1.60.